The quantitative estimate of drug-likeness (QED) is 0.626. The van der Waals surface area contributed by atoms with Crippen molar-refractivity contribution in [1.29, 1.82) is 0 Å². The first-order chi connectivity index (χ1) is 6.83. The van der Waals surface area contributed by atoms with Crippen molar-refractivity contribution in [3.05, 3.63) is 23.3 Å². The van der Waals surface area contributed by atoms with Crippen LogP contribution < -0.4 is 0 Å². The number of ether oxygens (including phenoxy) is 1. The number of hydrogen-bond donors (Lipinski definition) is 0. The van der Waals surface area contributed by atoms with Crippen LogP contribution in [-0.4, -0.2) is 23.0 Å². The molecule has 1 heterocycles. The van der Waals surface area contributed by atoms with Gasteiger partial charge in [0, 0.05) is 11.3 Å². The minimum Gasteiger partial charge on any atom is -0.464 e. The summed E-state index contributed by atoms with van der Waals surface area (Å²) in [5, 5.41) is 0. The SMILES string of the molecule is COC(=O)c1ncnc2c1CCCC2. The van der Waals surface area contributed by atoms with Crippen molar-refractivity contribution in [2.24, 2.45) is 0 Å². The number of carbonyl (C=O) groups is 1. The van der Waals surface area contributed by atoms with Crippen molar-refractivity contribution in [2.45, 2.75) is 25.7 Å². The second-order valence-corrected chi connectivity index (χ2v) is 3.35. The summed E-state index contributed by atoms with van der Waals surface area (Å²) in [6, 6.07) is 0. The van der Waals surface area contributed by atoms with Gasteiger partial charge >= 0.3 is 5.97 Å². The number of rotatable bonds is 1. The van der Waals surface area contributed by atoms with Gasteiger partial charge in [0.1, 0.15) is 6.33 Å². The van der Waals surface area contributed by atoms with E-state index in [-0.39, 0.29) is 5.97 Å². The Bertz CT molecular complexity index is 363. The molecule has 0 saturated heterocycles. The molecular weight excluding hydrogens is 180 g/mol. The third kappa shape index (κ3) is 1.47. The van der Waals surface area contributed by atoms with Crippen LogP contribution in [-0.2, 0) is 17.6 Å². The fraction of sp³-hybridized carbons (Fsp3) is 0.500. The zero-order chi connectivity index (χ0) is 9.97. The van der Waals surface area contributed by atoms with E-state index in [1.54, 1.807) is 0 Å². The number of hydrogen-bond acceptors (Lipinski definition) is 4. The summed E-state index contributed by atoms with van der Waals surface area (Å²) >= 11 is 0. The number of aryl methyl sites for hydroxylation is 1. The number of fused-ring (bicyclic) bond motifs is 1. The van der Waals surface area contributed by atoms with Gasteiger partial charge < -0.3 is 4.74 Å². The Labute approximate surface area is 82.3 Å². The molecule has 0 atom stereocenters. The van der Waals surface area contributed by atoms with Crippen LogP contribution in [0.15, 0.2) is 6.33 Å². The number of esters is 1. The molecule has 0 saturated carbocycles. The first-order valence-electron chi connectivity index (χ1n) is 4.74. The minimum atomic E-state index is -0.356. The van der Waals surface area contributed by atoms with Crippen LogP contribution >= 0.6 is 0 Å². The van der Waals surface area contributed by atoms with E-state index in [0.29, 0.717) is 5.69 Å². The summed E-state index contributed by atoms with van der Waals surface area (Å²) in [6.07, 6.45) is 5.52. The van der Waals surface area contributed by atoms with Crippen LogP contribution in [0.1, 0.15) is 34.6 Å². The smallest absolute Gasteiger partial charge is 0.357 e. The molecule has 0 N–H and O–H groups in total. The lowest BCUT2D eigenvalue weighted by Gasteiger charge is -2.15. The minimum absolute atomic E-state index is 0.356. The summed E-state index contributed by atoms with van der Waals surface area (Å²) in [6.45, 7) is 0. The average molecular weight is 192 g/mol. The Morgan fingerprint density at radius 3 is 2.93 bits per heavy atom. The molecule has 1 aromatic rings. The van der Waals surface area contributed by atoms with Crippen molar-refractivity contribution in [3.63, 3.8) is 0 Å². The predicted molar refractivity (Wildman–Crippen MR) is 50.0 cm³/mol. The van der Waals surface area contributed by atoms with E-state index in [1.807, 2.05) is 0 Å². The lowest BCUT2D eigenvalue weighted by molar-refractivity contribution is 0.0592. The maximum atomic E-state index is 11.4. The second kappa shape index (κ2) is 3.74. The summed E-state index contributed by atoms with van der Waals surface area (Å²) in [7, 11) is 1.37. The van der Waals surface area contributed by atoms with E-state index in [1.165, 1.54) is 13.4 Å². The molecule has 74 valence electrons. The van der Waals surface area contributed by atoms with E-state index < -0.39 is 0 Å². The van der Waals surface area contributed by atoms with E-state index in [4.69, 9.17) is 0 Å². The van der Waals surface area contributed by atoms with Gasteiger partial charge in [0.05, 0.1) is 7.11 Å². The standard InChI is InChI=1S/C10H12N2O2/c1-14-10(13)9-7-4-2-3-5-8(7)11-6-12-9/h6H,2-5H2,1H3. The zero-order valence-corrected chi connectivity index (χ0v) is 8.12. The summed E-state index contributed by atoms with van der Waals surface area (Å²) < 4.78 is 4.67. The first kappa shape index (κ1) is 9.12. The van der Waals surface area contributed by atoms with Gasteiger partial charge in [0.25, 0.3) is 0 Å². The van der Waals surface area contributed by atoms with E-state index in [0.717, 1.165) is 36.9 Å². The highest BCUT2D eigenvalue weighted by atomic mass is 16.5. The van der Waals surface area contributed by atoms with Crippen molar-refractivity contribution in [2.75, 3.05) is 7.11 Å². The van der Waals surface area contributed by atoms with E-state index in [2.05, 4.69) is 14.7 Å². The number of aromatic nitrogens is 2. The monoisotopic (exact) mass is 192 g/mol. The number of methoxy groups -OCH3 is 1. The van der Waals surface area contributed by atoms with Gasteiger partial charge in [-0.25, -0.2) is 14.8 Å². The number of carbonyl (C=O) groups excluding carboxylic acids is 1. The largest absolute Gasteiger partial charge is 0.464 e. The Morgan fingerprint density at radius 1 is 1.36 bits per heavy atom. The summed E-state index contributed by atoms with van der Waals surface area (Å²) in [5.74, 6) is -0.356. The van der Waals surface area contributed by atoms with Crippen LogP contribution in [0.25, 0.3) is 0 Å². The molecule has 0 aromatic carbocycles. The summed E-state index contributed by atoms with van der Waals surface area (Å²) in [4.78, 5) is 19.5. The van der Waals surface area contributed by atoms with Crippen molar-refractivity contribution in [1.82, 2.24) is 9.97 Å². The van der Waals surface area contributed by atoms with E-state index in [9.17, 15) is 4.79 Å². The highest BCUT2D eigenvalue weighted by molar-refractivity contribution is 5.89. The Balaban J connectivity index is 2.45. The van der Waals surface area contributed by atoms with Crippen LogP contribution in [0.3, 0.4) is 0 Å². The molecule has 0 radical (unpaired) electrons. The molecule has 0 bridgehead atoms. The molecule has 2 rings (SSSR count). The molecule has 0 amide bonds. The highest BCUT2D eigenvalue weighted by Gasteiger charge is 2.20. The van der Waals surface area contributed by atoms with Crippen molar-refractivity contribution in [3.8, 4) is 0 Å². The molecule has 1 aliphatic carbocycles. The Kier molecular flexibility index (Phi) is 2.43. The Morgan fingerprint density at radius 2 is 2.14 bits per heavy atom. The van der Waals surface area contributed by atoms with Gasteiger partial charge in [0.15, 0.2) is 5.69 Å². The maximum Gasteiger partial charge on any atom is 0.357 e. The molecule has 0 spiro atoms. The van der Waals surface area contributed by atoms with Gasteiger partial charge in [-0.05, 0) is 25.7 Å². The average Bonchev–Trinajstić information content (AvgIpc) is 2.27. The first-order valence-corrected chi connectivity index (χ1v) is 4.74. The molecular formula is C10H12N2O2. The zero-order valence-electron chi connectivity index (χ0n) is 8.12. The molecule has 4 heteroatoms. The van der Waals surface area contributed by atoms with Crippen molar-refractivity contribution >= 4 is 5.97 Å². The molecule has 1 aliphatic rings. The molecule has 0 unspecified atom stereocenters. The third-order valence-electron chi connectivity index (χ3n) is 2.50. The molecule has 1 aromatic heterocycles. The Hall–Kier alpha value is -1.45. The normalized spacial score (nSPS) is 14.6. The lowest BCUT2D eigenvalue weighted by atomic mass is 9.95. The van der Waals surface area contributed by atoms with Gasteiger partial charge in [-0.1, -0.05) is 0 Å². The molecule has 4 nitrogen and oxygen atoms in total. The summed E-state index contributed by atoms with van der Waals surface area (Å²) in [5.41, 5.74) is 2.43. The topological polar surface area (TPSA) is 52.1 Å². The lowest BCUT2D eigenvalue weighted by Crippen LogP contribution is -2.15. The van der Waals surface area contributed by atoms with Crippen LogP contribution in [0.5, 0.6) is 0 Å². The van der Waals surface area contributed by atoms with Crippen LogP contribution in [0, 0.1) is 0 Å². The van der Waals surface area contributed by atoms with E-state index >= 15 is 0 Å². The fourth-order valence-electron chi connectivity index (χ4n) is 1.79. The fourth-order valence-corrected chi connectivity index (χ4v) is 1.79. The van der Waals surface area contributed by atoms with Gasteiger partial charge in [-0.3, -0.25) is 0 Å². The van der Waals surface area contributed by atoms with Crippen molar-refractivity contribution < 1.29 is 9.53 Å². The number of nitrogens with zero attached hydrogens (tertiary/aromatic N) is 2. The van der Waals surface area contributed by atoms with Crippen LogP contribution in [0.4, 0.5) is 0 Å². The molecule has 14 heavy (non-hydrogen) atoms. The third-order valence-corrected chi connectivity index (χ3v) is 2.50. The van der Waals surface area contributed by atoms with Gasteiger partial charge in [-0.15, -0.1) is 0 Å². The van der Waals surface area contributed by atoms with Gasteiger partial charge in [-0.2, -0.15) is 0 Å². The maximum absolute atomic E-state index is 11.4. The van der Waals surface area contributed by atoms with Gasteiger partial charge in [0.2, 0.25) is 0 Å². The second-order valence-electron chi connectivity index (χ2n) is 3.35. The molecule has 0 aliphatic heterocycles. The van der Waals surface area contributed by atoms with Crippen LogP contribution in [0.2, 0.25) is 0 Å². The highest BCUT2D eigenvalue weighted by Crippen LogP contribution is 2.21. The predicted octanol–water partition coefficient (Wildman–Crippen LogP) is 1.14. The molecule has 0 fully saturated rings.